The molecule has 1 aliphatic rings. The minimum absolute atomic E-state index is 0.191. The van der Waals surface area contributed by atoms with Crippen LogP contribution < -0.4 is 5.73 Å². The quantitative estimate of drug-likeness (QED) is 0.656. The van der Waals surface area contributed by atoms with Crippen molar-refractivity contribution in [2.75, 3.05) is 5.73 Å². The van der Waals surface area contributed by atoms with Crippen LogP contribution in [0.2, 0.25) is 0 Å². The van der Waals surface area contributed by atoms with Gasteiger partial charge < -0.3 is 10.8 Å². The number of aliphatic hydroxyl groups excluding tert-OH is 1. The smallest absolute Gasteiger partial charge is 0.165 e. The SMILES string of the molecule is Nc1cn(C2CCCC(O)C2)nn1. The molecule has 0 saturated heterocycles. The maximum absolute atomic E-state index is 9.45. The Morgan fingerprint density at radius 1 is 1.54 bits per heavy atom. The summed E-state index contributed by atoms with van der Waals surface area (Å²) < 4.78 is 1.76. The molecule has 5 nitrogen and oxygen atoms in total. The summed E-state index contributed by atoms with van der Waals surface area (Å²) in [5.74, 6) is 0.445. The fourth-order valence-corrected chi connectivity index (χ4v) is 1.85. The van der Waals surface area contributed by atoms with E-state index in [-0.39, 0.29) is 12.1 Å². The van der Waals surface area contributed by atoms with Crippen molar-refractivity contribution in [1.29, 1.82) is 0 Å². The minimum Gasteiger partial charge on any atom is -0.393 e. The number of nitrogen functional groups attached to an aromatic ring is 1. The molecule has 1 aliphatic carbocycles. The molecule has 1 aromatic rings. The van der Waals surface area contributed by atoms with Crippen molar-refractivity contribution in [2.45, 2.75) is 37.8 Å². The summed E-state index contributed by atoms with van der Waals surface area (Å²) in [6.45, 7) is 0. The monoisotopic (exact) mass is 182 g/mol. The van der Waals surface area contributed by atoms with Crippen LogP contribution in [-0.2, 0) is 0 Å². The number of aromatic nitrogens is 3. The highest BCUT2D eigenvalue weighted by atomic mass is 16.3. The second-order valence-electron chi connectivity index (χ2n) is 3.60. The second-order valence-corrected chi connectivity index (χ2v) is 3.60. The first kappa shape index (κ1) is 8.50. The van der Waals surface area contributed by atoms with E-state index in [9.17, 15) is 5.11 Å². The van der Waals surface area contributed by atoms with E-state index in [0.29, 0.717) is 5.82 Å². The lowest BCUT2D eigenvalue weighted by atomic mass is 9.93. The predicted octanol–water partition coefficient (Wildman–Crippen LogP) is 0.336. The first-order valence-electron chi connectivity index (χ1n) is 4.61. The molecule has 2 rings (SSSR count). The number of nitrogens with zero attached hydrogens (tertiary/aromatic N) is 3. The number of anilines is 1. The van der Waals surface area contributed by atoms with Gasteiger partial charge in [0.05, 0.1) is 18.3 Å². The van der Waals surface area contributed by atoms with Crippen molar-refractivity contribution in [2.24, 2.45) is 0 Å². The molecule has 0 aromatic carbocycles. The highest BCUT2D eigenvalue weighted by Gasteiger charge is 2.22. The molecule has 1 saturated carbocycles. The van der Waals surface area contributed by atoms with Crippen LogP contribution in [-0.4, -0.2) is 26.2 Å². The summed E-state index contributed by atoms with van der Waals surface area (Å²) >= 11 is 0. The summed E-state index contributed by atoms with van der Waals surface area (Å²) in [4.78, 5) is 0. The number of rotatable bonds is 1. The topological polar surface area (TPSA) is 77.0 Å². The van der Waals surface area contributed by atoms with Crippen LogP contribution in [0, 0.1) is 0 Å². The van der Waals surface area contributed by atoms with Gasteiger partial charge in [-0.15, -0.1) is 5.10 Å². The number of nitrogens with two attached hydrogens (primary N) is 1. The molecule has 3 N–H and O–H groups in total. The molecular formula is C8H14N4O. The normalized spacial score (nSPS) is 29.0. The summed E-state index contributed by atoms with van der Waals surface area (Å²) in [5, 5.41) is 17.1. The summed E-state index contributed by atoms with van der Waals surface area (Å²) in [5.41, 5.74) is 5.46. The zero-order chi connectivity index (χ0) is 9.26. The number of aliphatic hydroxyl groups is 1. The molecule has 13 heavy (non-hydrogen) atoms. The zero-order valence-corrected chi connectivity index (χ0v) is 7.43. The summed E-state index contributed by atoms with van der Waals surface area (Å²) in [6, 6.07) is 0.272. The second kappa shape index (κ2) is 3.33. The molecule has 0 radical (unpaired) electrons. The van der Waals surface area contributed by atoms with E-state index in [2.05, 4.69) is 10.3 Å². The highest BCUT2D eigenvalue weighted by molar-refractivity contribution is 5.20. The summed E-state index contributed by atoms with van der Waals surface area (Å²) in [7, 11) is 0. The van der Waals surface area contributed by atoms with Crippen molar-refractivity contribution in [1.82, 2.24) is 15.0 Å². The first-order chi connectivity index (χ1) is 6.25. The minimum atomic E-state index is -0.191. The van der Waals surface area contributed by atoms with Crippen LogP contribution in [0.15, 0.2) is 6.20 Å². The zero-order valence-electron chi connectivity index (χ0n) is 7.43. The molecule has 1 aromatic heterocycles. The van der Waals surface area contributed by atoms with E-state index >= 15 is 0 Å². The van der Waals surface area contributed by atoms with Crippen LogP contribution >= 0.6 is 0 Å². The molecule has 0 amide bonds. The van der Waals surface area contributed by atoms with Crippen molar-refractivity contribution in [3.8, 4) is 0 Å². The molecule has 1 fully saturated rings. The van der Waals surface area contributed by atoms with E-state index in [1.54, 1.807) is 10.9 Å². The van der Waals surface area contributed by atoms with Gasteiger partial charge in [-0.3, -0.25) is 0 Å². The van der Waals surface area contributed by atoms with Gasteiger partial charge in [0.2, 0.25) is 0 Å². The van der Waals surface area contributed by atoms with E-state index in [4.69, 9.17) is 5.73 Å². The predicted molar refractivity (Wildman–Crippen MR) is 47.9 cm³/mol. The lowest BCUT2D eigenvalue weighted by Crippen LogP contribution is -2.22. The Labute approximate surface area is 76.5 Å². The number of hydrogen-bond donors (Lipinski definition) is 2. The van der Waals surface area contributed by atoms with Gasteiger partial charge in [-0.05, 0) is 25.7 Å². The molecule has 5 heteroatoms. The van der Waals surface area contributed by atoms with Gasteiger partial charge in [0, 0.05) is 0 Å². The van der Waals surface area contributed by atoms with Crippen molar-refractivity contribution in [3.05, 3.63) is 6.20 Å². The molecule has 72 valence electrons. The van der Waals surface area contributed by atoms with Crippen molar-refractivity contribution in [3.63, 3.8) is 0 Å². The van der Waals surface area contributed by atoms with Crippen molar-refractivity contribution < 1.29 is 5.11 Å². The molecule has 0 bridgehead atoms. The lowest BCUT2D eigenvalue weighted by Gasteiger charge is -2.25. The summed E-state index contributed by atoms with van der Waals surface area (Å²) in [6.07, 6.45) is 5.31. The fraction of sp³-hybridized carbons (Fsp3) is 0.750. The largest absolute Gasteiger partial charge is 0.393 e. The van der Waals surface area contributed by atoms with E-state index in [1.165, 1.54) is 0 Å². The fourth-order valence-electron chi connectivity index (χ4n) is 1.85. The van der Waals surface area contributed by atoms with Crippen molar-refractivity contribution >= 4 is 5.82 Å². The number of hydrogen-bond acceptors (Lipinski definition) is 4. The van der Waals surface area contributed by atoms with Gasteiger partial charge in [-0.1, -0.05) is 5.21 Å². The average molecular weight is 182 g/mol. The van der Waals surface area contributed by atoms with Gasteiger partial charge >= 0.3 is 0 Å². The molecule has 1 heterocycles. The van der Waals surface area contributed by atoms with Gasteiger partial charge in [0.15, 0.2) is 5.82 Å². The Bertz CT molecular complexity index is 285. The highest BCUT2D eigenvalue weighted by Crippen LogP contribution is 2.27. The maximum atomic E-state index is 9.45. The van der Waals surface area contributed by atoms with Crippen LogP contribution in [0.4, 0.5) is 5.82 Å². The van der Waals surface area contributed by atoms with Crippen LogP contribution in [0.5, 0.6) is 0 Å². The van der Waals surface area contributed by atoms with E-state index in [0.717, 1.165) is 25.7 Å². The molecular weight excluding hydrogens is 168 g/mol. The molecule has 0 spiro atoms. The molecule has 2 atom stereocenters. The molecule has 2 unspecified atom stereocenters. The van der Waals surface area contributed by atoms with Crippen LogP contribution in [0.1, 0.15) is 31.7 Å². The Kier molecular flexibility index (Phi) is 2.18. The maximum Gasteiger partial charge on any atom is 0.165 e. The van der Waals surface area contributed by atoms with E-state index < -0.39 is 0 Å². The Balaban J connectivity index is 2.08. The van der Waals surface area contributed by atoms with Gasteiger partial charge in [-0.2, -0.15) is 0 Å². The first-order valence-corrected chi connectivity index (χ1v) is 4.61. The van der Waals surface area contributed by atoms with Crippen LogP contribution in [0.25, 0.3) is 0 Å². The Hall–Kier alpha value is -1.10. The lowest BCUT2D eigenvalue weighted by molar-refractivity contribution is 0.0995. The Morgan fingerprint density at radius 3 is 3.00 bits per heavy atom. The third-order valence-corrected chi connectivity index (χ3v) is 2.52. The van der Waals surface area contributed by atoms with Gasteiger partial charge in [0.25, 0.3) is 0 Å². The van der Waals surface area contributed by atoms with E-state index in [1.807, 2.05) is 0 Å². The van der Waals surface area contributed by atoms with Crippen LogP contribution in [0.3, 0.4) is 0 Å². The van der Waals surface area contributed by atoms with Gasteiger partial charge in [-0.25, -0.2) is 4.68 Å². The average Bonchev–Trinajstić information content (AvgIpc) is 2.52. The third-order valence-electron chi connectivity index (χ3n) is 2.52. The Morgan fingerprint density at radius 2 is 2.38 bits per heavy atom. The standard InChI is InChI=1S/C8H14N4O/c9-8-5-12(11-10-8)6-2-1-3-7(13)4-6/h5-7,13H,1-4,9H2. The third kappa shape index (κ3) is 1.80. The van der Waals surface area contributed by atoms with Gasteiger partial charge in [0.1, 0.15) is 0 Å². The molecule has 0 aliphatic heterocycles.